The number of phenolic OH excluding ortho intramolecular Hbond substituents is 1. The molecule has 1 aromatic carbocycles. The normalized spacial score (nSPS) is 11.3. The van der Waals surface area contributed by atoms with Crippen LogP contribution in [0.5, 0.6) is 5.75 Å². The Morgan fingerprint density at radius 1 is 1.32 bits per heavy atom. The second-order valence-electron chi connectivity index (χ2n) is 4.76. The minimum absolute atomic E-state index is 0.153. The maximum atomic E-state index is 13.1. The van der Waals surface area contributed by atoms with Crippen LogP contribution in [0.25, 0.3) is 0 Å². The lowest BCUT2D eigenvalue weighted by Gasteiger charge is -2.23. The number of nitrogens with zero attached hydrogens (tertiary/aromatic N) is 1. The molecule has 4 nitrogen and oxygen atoms in total. The third-order valence-electron chi connectivity index (χ3n) is 2.95. The van der Waals surface area contributed by atoms with Crippen LogP contribution in [-0.4, -0.2) is 35.3 Å². The summed E-state index contributed by atoms with van der Waals surface area (Å²) >= 11 is 0. The molecule has 8 heteroatoms. The fraction of sp³-hybridized carbons (Fsp3) is 0.500. The van der Waals surface area contributed by atoms with Gasteiger partial charge >= 0.3 is 12.2 Å². The van der Waals surface area contributed by atoms with E-state index in [1.807, 2.05) is 0 Å². The average Bonchev–Trinajstić information content (AvgIpc) is 2.43. The summed E-state index contributed by atoms with van der Waals surface area (Å²) in [5, 5.41) is 11.9. The second-order valence-corrected chi connectivity index (χ2v) is 4.76. The van der Waals surface area contributed by atoms with E-state index in [0.29, 0.717) is 6.42 Å². The Morgan fingerprint density at radius 2 is 2.00 bits per heavy atom. The number of carbonyl (C=O) groups is 1. The first-order valence-electron chi connectivity index (χ1n) is 6.80. The highest BCUT2D eigenvalue weighted by atomic mass is 19.4. The Hall–Kier alpha value is -1.99. The van der Waals surface area contributed by atoms with Crippen molar-refractivity contribution >= 4 is 6.03 Å². The lowest BCUT2D eigenvalue weighted by Crippen LogP contribution is -2.41. The average molecular weight is 322 g/mol. The number of nitrogens with one attached hydrogen (secondary N) is 1. The molecule has 22 heavy (non-hydrogen) atoms. The van der Waals surface area contributed by atoms with Crippen molar-refractivity contribution in [2.75, 3.05) is 13.1 Å². The predicted molar refractivity (Wildman–Crippen MR) is 72.8 cm³/mol. The number of aromatic hydroxyl groups is 1. The molecule has 0 aliphatic heterocycles. The fourth-order valence-electron chi connectivity index (χ4n) is 1.83. The van der Waals surface area contributed by atoms with Gasteiger partial charge in [-0.15, -0.1) is 0 Å². The Kier molecular flexibility index (Phi) is 6.45. The van der Waals surface area contributed by atoms with Crippen molar-refractivity contribution in [2.45, 2.75) is 32.5 Å². The number of alkyl halides is 3. The summed E-state index contributed by atoms with van der Waals surface area (Å²) in [5.74, 6) is -1.41. The summed E-state index contributed by atoms with van der Waals surface area (Å²) < 4.78 is 49.8. The van der Waals surface area contributed by atoms with Gasteiger partial charge in [0.25, 0.3) is 0 Å². The van der Waals surface area contributed by atoms with Crippen LogP contribution in [0, 0.1) is 5.82 Å². The number of urea groups is 1. The van der Waals surface area contributed by atoms with Crippen molar-refractivity contribution < 1.29 is 27.5 Å². The lowest BCUT2D eigenvalue weighted by molar-refractivity contribution is -0.136. The van der Waals surface area contributed by atoms with Crippen LogP contribution in [0.3, 0.4) is 0 Å². The van der Waals surface area contributed by atoms with Crippen molar-refractivity contribution in [2.24, 2.45) is 0 Å². The van der Waals surface area contributed by atoms with Gasteiger partial charge < -0.3 is 15.3 Å². The summed E-state index contributed by atoms with van der Waals surface area (Å²) in [4.78, 5) is 12.9. The molecule has 0 saturated carbocycles. The van der Waals surface area contributed by atoms with Crippen LogP contribution < -0.4 is 5.32 Å². The van der Waals surface area contributed by atoms with Gasteiger partial charge in [-0.1, -0.05) is 19.1 Å². The first-order valence-corrected chi connectivity index (χ1v) is 6.80. The van der Waals surface area contributed by atoms with Crippen molar-refractivity contribution in [3.8, 4) is 5.75 Å². The zero-order valence-corrected chi connectivity index (χ0v) is 12.1. The van der Waals surface area contributed by atoms with Gasteiger partial charge in [0.1, 0.15) is 0 Å². The van der Waals surface area contributed by atoms with Crippen molar-refractivity contribution in [3.05, 3.63) is 29.6 Å². The molecule has 0 spiro atoms. The van der Waals surface area contributed by atoms with E-state index >= 15 is 0 Å². The summed E-state index contributed by atoms with van der Waals surface area (Å²) in [7, 11) is 0. The number of halogens is 4. The maximum absolute atomic E-state index is 13.1. The smallest absolute Gasteiger partial charge is 0.390 e. The topological polar surface area (TPSA) is 52.6 Å². The number of benzene rings is 1. The number of para-hydroxylation sites is 1. The highest BCUT2D eigenvalue weighted by Gasteiger charge is 2.28. The van der Waals surface area contributed by atoms with Crippen LogP contribution in [-0.2, 0) is 6.54 Å². The SMILES string of the molecule is CCCN(CCC(F)(F)F)C(=O)NCc1cccc(F)c1O. The standard InChI is InChI=1S/C14H18F4N2O2/c1-2-7-20(8-6-14(16,17)18)13(22)19-9-10-4-3-5-11(15)12(10)21/h3-5,21H,2,6-9H2,1H3,(H,19,22). The van der Waals surface area contributed by atoms with Gasteiger partial charge in [-0.2, -0.15) is 13.2 Å². The Bertz CT molecular complexity index is 506. The minimum Gasteiger partial charge on any atom is -0.505 e. The van der Waals surface area contributed by atoms with Crippen LogP contribution in [0.4, 0.5) is 22.4 Å². The van der Waals surface area contributed by atoms with Gasteiger partial charge in [-0.05, 0) is 12.5 Å². The number of hydrogen-bond donors (Lipinski definition) is 2. The molecule has 0 heterocycles. The molecule has 0 aliphatic carbocycles. The molecule has 0 aromatic heterocycles. The summed E-state index contributed by atoms with van der Waals surface area (Å²) in [6.45, 7) is 1.30. The Balaban J connectivity index is 2.61. The van der Waals surface area contributed by atoms with E-state index in [9.17, 15) is 27.5 Å². The van der Waals surface area contributed by atoms with Crippen molar-refractivity contribution in [1.29, 1.82) is 0 Å². The number of carbonyl (C=O) groups excluding carboxylic acids is 1. The molecule has 1 rings (SSSR count). The molecular formula is C14H18F4N2O2. The number of amides is 2. The Labute approximate surface area is 125 Å². The quantitative estimate of drug-likeness (QED) is 0.789. The van der Waals surface area contributed by atoms with E-state index in [1.54, 1.807) is 6.92 Å². The van der Waals surface area contributed by atoms with Crippen LogP contribution >= 0.6 is 0 Å². The molecule has 124 valence electrons. The monoisotopic (exact) mass is 322 g/mol. The third-order valence-corrected chi connectivity index (χ3v) is 2.95. The lowest BCUT2D eigenvalue weighted by atomic mass is 10.2. The van der Waals surface area contributed by atoms with E-state index in [4.69, 9.17) is 0 Å². The molecule has 0 unspecified atom stereocenters. The molecule has 1 aromatic rings. The molecule has 0 aliphatic rings. The maximum Gasteiger partial charge on any atom is 0.390 e. The molecule has 0 radical (unpaired) electrons. The van der Waals surface area contributed by atoms with Crippen molar-refractivity contribution in [3.63, 3.8) is 0 Å². The Morgan fingerprint density at radius 3 is 2.59 bits per heavy atom. The van der Waals surface area contributed by atoms with Gasteiger partial charge in [-0.3, -0.25) is 0 Å². The number of rotatable bonds is 6. The molecule has 0 fully saturated rings. The third kappa shape index (κ3) is 5.79. The van der Waals surface area contributed by atoms with E-state index in [-0.39, 0.29) is 18.7 Å². The predicted octanol–water partition coefficient (Wildman–Crippen LogP) is 3.41. The first-order chi connectivity index (χ1) is 10.2. The fourth-order valence-corrected chi connectivity index (χ4v) is 1.83. The van der Waals surface area contributed by atoms with E-state index in [2.05, 4.69) is 5.32 Å². The van der Waals surface area contributed by atoms with E-state index in [0.717, 1.165) is 11.0 Å². The number of phenols is 1. The van der Waals surface area contributed by atoms with Crippen molar-refractivity contribution in [1.82, 2.24) is 10.2 Å². The summed E-state index contributed by atoms with van der Waals surface area (Å²) in [5.41, 5.74) is 0.153. The van der Waals surface area contributed by atoms with Crippen LogP contribution in [0.1, 0.15) is 25.3 Å². The zero-order valence-electron chi connectivity index (χ0n) is 12.1. The molecule has 0 bridgehead atoms. The van der Waals surface area contributed by atoms with Gasteiger partial charge in [0.05, 0.1) is 6.42 Å². The molecule has 2 amide bonds. The second kappa shape index (κ2) is 7.86. The van der Waals surface area contributed by atoms with Gasteiger partial charge in [0.2, 0.25) is 0 Å². The number of hydrogen-bond acceptors (Lipinski definition) is 2. The van der Waals surface area contributed by atoms with E-state index in [1.165, 1.54) is 12.1 Å². The first kappa shape index (κ1) is 18.1. The van der Waals surface area contributed by atoms with Gasteiger partial charge in [0, 0.05) is 25.2 Å². The molecule has 2 N–H and O–H groups in total. The summed E-state index contributed by atoms with van der Waals surface area (Å²) in [6, 6.07) is 3.16. The van der Waals surface area contributed by atoms with Crippen LogP contribution in [0.2, 0.25) is 0 Å². The molecule has 0 saturated heterocycles. The largest absolute Gasteiger partial charge is 0.505 e. The minimum atomic E-state index is -4.34. The molecular weight excluding hydrogens is 304 g/mol. The zero-order chi connectivity index (χ0) is 16.8. The van der Waals surface area contributed by atoms with Gasteiger partial charge in [-0.25, -0.2) is 9.18 Å². The van der Waals surface area contributed by atoms with E-state index < -0.39 is 36.7 Å². The highest BCUT2D eigenvalue weighted by molar-refractivity contribution is 5.74. The van der Waals surface area contributed by atoms with Crippen LogP contribution in [0.15, 0.2) is 18.2 Å². The van der Waals surface area contributed by atoms with Gasteiger partial charge in [0.15, 0.2) is 11.6 Å². The molecule has 0 atom stereocenters. The summed E-state index contributed by atoms with van der Waals surface area (Å²) in [6.07, 6.45) is -4.92. The highest BCUT2D eigenvalue weighted by Crippen LogP contribution is 2.21.